The molecule has 0 aliphatic heterocycles. The standard InChI is InChI=1S/C15H22N4/c1-14-5-2-6-15(13-14)18(9-3-7-16)11-12-19-10-4-8-17-19/h2,4-6,8,10,13H,3,7,9,11-12,16H2,1H3. The summed E-state index contributed by atoms with van der Waals surface area (Å²) in [5.74, 6) is 0. The summed E-state index contributed by atoms with van der Waals surface area (Å²) in [6.07, 6.45) is 4.82. The largest absolute Gasteiger partial charge is 0.370 e. The van der Waals surface area contributed by atoms with Crippen molar-refractivity contribution in [1.82, 2.24) is 9.78 Å². The lowest BCUT2D eigenvalue weighted by atomic mass is 10.2. The second-order valence-corrected chi connectivity index (χ2v) is 4.74. The van der Waals surface area contributed by atoms with E-state index < -0.39 is 0 Å². The van der Waals surface area contributed by atoms with E-state index in [0.29, 0.717) is 0 Å². The van der Waals surface area contributed by atoms with Crippen molar-refractivity contribution < 1.29 is 0 Å². The van der Waals surface area contributed by atoms with Crippen molar-refractivity contribution in [2.75, 3.05) is 24.5 Å². The Morgan fingerprint density at radius 2 is 2.16 bits per heavy atom. The minimum Gasteiger partial charge on any atom is -0.370 e. The van der Waals surface area contributed by atoms with Crippen molar-refractivity contribution >= 4 is 5.69 Å². The third-order valence-electron chi connectivity index (χ3n) is 3.16. The number of benzene rings is 1. The van der Waals surface area contributed by atoms with E-state index in [1.807, 2.05) is 23.1 Å². The SMILES string of the molecule is Cc1cccc(N(CCCN)CCn2cccn2)c1. The fourth-order valence-corrected chi connectivity index (χ4v) is 2.13. The lowest BCUT2D eigenvalue weighted by Crippen LogP contribution is -2.29. The van der Waals surface area contributed by atoms with Gasteiger partial charge >= 0.3 is 0 Å². The highest BCUT2D eigenvalue weighted by molar-refractivity contribution is 5.48. The van der Waals surface area contributed by atoms with Crippen LogP contribution in [0.5, 0.6) is 0 Å². The van der Waals surface area contributed by atoms with Crippen LogP contribution in [0, 0.1) is 6.92 Å². The zero-order valence-corrected chi connectivity index (χ0v) is 11.5. The number of hydrogen-bond acceptors (Lipinski definition) is 3. The quantitative estimate of drug-likeness (QED) is 0.827. The normalized spacial score (nSPS) is 10.6. The molecule has 0 fully saturated rings. The Bertz CT molecular complexity index is 479. The van der Waals surface area contributed by atoms with Gasteiger partial charge in [-0.15, -0.1) is 0 Å². The van der Waals surface area contributed by atoms with E-state index in [4.69, 9.17) is 5.73 Å². The maximum atomic E-state index is 5.63. The topological polar surface area (TPSA) is 47.1 Å². The number of hydrogen-bond donors (Lipinski definition) is 1. The molecule has 102 valence electrons. The van der Waals surface area contributed by atoms with Gasteiger partial charge in [0, 0.05) is 31.2 Å². The Hall–Kier alpha value is -1.81. The van der Waals surface area contributed by atoms with Gasteiger partial charge in [0.2, 0.25) is 0 Å². The van der Waals surface area contributed by atoms with Crippen LogP contribution in [0.15, 0.2) is 42.7 Å². The van der Waals surface area contributed by atoms with Gasteiger partial charge < -0.3 is 10.6 Å². The summed E-state index contributed by atoms with van der Waals surface area (Å²) in [7, 11) is 0. The first-order chi connectivity index (χ1) is 9.29. The van der Waals surface area contributed by atoms with Crippen molar-refractivity contribution in [2.24, 2.45) is 5.73 Å². The van der Waals surface area contributed by atoms with Crippen LogP contribution in [-0.2, 0) is 6.54 Å². The molecule has 0 unspecified atom stereocenters. The summed E-state index contributed by atoms with van der Waals surface area (Å²) < 4.78 is 1.96. The number of nitrogens with two attached hydrogens (primary N) is 1. The molecule has 19 heavy (non-hydrogen) atoms. The van der Waals surface area contributed by atoms with Gasteiger partial charge in [-0.25, -0.2) is 0 Å². The molecule has 4 nitrogen and oxygen atoms in total. The molecule has 4 heteroatoms. The molecule has 2 N–H and O–H groups in total. The average Bonchev–Trinajstić information content (AvgIpc) is 2.92. The van der Waals surface area contributed by atoms with Gasteiger partial charge in [-0.2, -0.15) is 5.10 Å². The molecule has 1 aromatic carbocycles. The maximum Gasteiger partial charge on any atom is 0.0584 e. The van der Waals surface area contributed by atoms with Crippen LogP contribution < -0.4 is 10.6 Å². The monoisotopic (exact) mass is 258 g/mol. The summed E-state index contributed by atoms with van der Waals surface area (Å²) in [5.41, 5.74) is 8.18. The third-order valence-corrected chi connectivity index (χ3v) is 3.16. The maximum absolute atomic E-state index is 5.63. The molecule has 0 aliphatic carbocycles. The molecule has 0 saturated heterocycles. The van der Waals surface area contributed by atoms with E-state index in [0.717, 1.165) is 32.6 Å². The minimum absolute atomic E-state index is 0.726. The Morgan fingerprint density at radius 1 is 1.26 bits per heavy atom. The molecule has 1 heterocycles. The molecule has 0 radical (unpaired) electrons. The van der Waals surface area contributed by atoms with Crippen LogP contribution in [0.4, 0.5) is 5.69 Å². The van der Waals surface area contributed by atoms with Gasteiger partial charge in [0.25, 0.3) is 0 Å². The molecule has 0 saturated carbocycles. The van der Waals surface area contributed by atoms with Crippen LogP contribution in [-0.4, -0.2) is 29.4 Å². The predicted octanol–water partition coefficient (Wildman–Crippen LogP) is 2.05. The van der Waals surface area contributed by atoms with Gasteiger partial charge in [0.15, 0.2) is 0 Å². The molecule has 0 spiro atoms. The summed E-state index contributed by atoms with van der Waals surface area (Å²) in [6.45, 7) is 5.68. The highest BCUT2D eigenvalue weighted by atomic mass is 15.3. The zero-order valence-electron chi connectivity index (χ0n) is 11.5. The van der Waals surface area contributed by atoms with Crippen LogP contribution in [0.2, 0.25) is 0 Å². The van der Waals surface area contributed by atoms with E-state index in [1.165, 1.54) is 11.3 Å². The van der Waals surface area contributed by atoms with Crippen molar-refractivity contribution in [2.45, 2.75) is 19.9 Å². The van der Waals surface area contributed by atoms with Gasteiger partial charge in [0.1, 0.15) is 0 Å². The van der Waals surface area contributed by atoms with Crippen LogP contribution in [0.1, 0.15) is 12.0 Å². The van der Waals surface area contributed by atoms with Crippen molar-refractivity contribution in [3.63, 3.8) is 0 Å². The smallest absolute Gasteiger partial charge is 0.0584 e. The lowest BCUT2D eigenvalue weighted by molar-refractivity contribution is 0.590. The van der Waals surface area contributed by atoms with E-state index in [9.17, 15) is 0 Å². The van der Waals surface area contributed by atoms with E-state index in [2.05, 4.69) is 41.2 Å². The molecule has 2 rings (SSSR count). The average molecular weight is 258 g/mol. The molecular formula is C15H22N4. The molecule has 0 aliphatic rings. The van der Waals surface area contributed by atoms with Crippen molar-refractivity contribution in [3.05, 3.63) is 48.3 Å². The second kappa shape index (κ2) is 6.95. The lowest BCUT2D eigenvalue weighted by Gasteiger charge is -2.25. The Labute approximate surface area is 114 Å². The van der Waals surface area contributed by atoms with Gasteiger partial charge in [-0.05, 0) is 43.7 Å². The van der Waals surface area contributed by atoms with Gasteiger partial charge in [-0.3, -0.25) is 4.68 Å². The number of aryl methyl sites for hydroxylation is 1. The first kappa shape index (κ1) is 13.6. The Morgan fingerprint density at radius 3 is 2.84 bits per heavy atom. The number of anilines is 1. The van der Waals surface area contributed by atoms with Crippen LogP contribution in [0.25, 0.3) is 0 Å². The van der Waals surface area contributed by atoms with Gasteiger partial charge in [0.05, 0.1) is 6.54 Å². The van der Waals surface area contributed by atoms with Gasteiger partial charge in [-0.1, -0.05) is 12.1 Å². The highest BCUT2D eigenvalue weighted by Gasteiger charge is 2.06. The summed E-state index contributed by atoms with van der Waals surface area (Å²) in [5, 5.41) is 4.25. The molecule has 1 aromatic heterocycles. The van der Waals surface area contributed by atoms with E-state index in [1.54, 1.807) is 0 Å². The first-order valence-corrected chi connectivity index (χ1v) is 6.78. The van der Waals surface area contributed by atoms with Crippen molar-refractivity contribution in [3.8, 4) is 0 Å². The molecule has 0 bridgehead atoms. The van der Waals surface area contributed by atoms with Crippen molar-refractivity contribution in [1.29, 1.82) is 0 Å². The highest BCUT2D eigenvalue weighted by Crippen LogP contribution is 2.16. The minimum atomic E-state index is 0.726. The fraction of sp³-hybridized carbons (Fsp3) is 0.400. The fourth-order valence-electron chi connectivity index (χ4n) is 2.13. The number of rotatable bonds is 7. The first-order valence-electron chi connectivity index (χ1n) is 6.78. The summed E-state index contributed by atoms with van der Waals surface area (Å²) >= 11 is 0. The van der Waals surface area contributed by atoms with E-state index >= 15 is 0 Å². The Kier molecular flexibility index (Phi) is 4.98. The van der Waals surface area contributed by atoms with Crippen LogP contribution in [0.3, 0.4) is 0 Å². The molecule has 2 aromatic rings. The molecular weight excluding hydrogens is 236 g/mol. The third kappa shape index (κ3) is 4.10. The van der Waals surface area contributed by atoms with E-state index in [-0.39, 0.29) is 0 Å². The molecule has 0 atom stereocenters. The summed E-state index contributed by atoms with van der Waals surface area (Å²) in [6, 6.07) is 10.6. The second-order valence-electron chi connectivity index (χ2n) is 4.74. The summed E-state index contributed by atoms with van der Waals surface area (Å²) in [4.78, 5) is 2.38. The Balaban J connectivity index is 2.02. The number of aromatic nitrogens is 2. The predicted molar refractivity (Wildman–Crippen MR) is 79.3 cm³/mol. The molecule has 0 amide bonds. The number of nitrogens with zero attached hydrogens (tertiary/aromatic N) is 3. The van der Waals surface area contributed by atoms with Crippen LogP contribution >= 0.6 is 0 Å². The zero-order chi connectivity index (χ0) is 13.5.